The van der Waals surface area contributed by atoms with Crippen molar-refractivity contribution in [3.8, 4) is 5.75 Å². The Kier molecular flexibility index (Phi) is 5.14. The molecule has 6 heteroatoms. The van der Waals surface area contributed by atoms with Crippen molar-refractivity contribution < 1.29 is 13.9 Å². The molecular formula is C16H20FN3O2. The van der Waals surface area contributed by atoms with Crippen molar-refractivity contribution >= 4 is 6.41 Å². The van der Waals surface area contributed by atoms with Crippen LogP contribution in [0.15, 0.2) is 24.4 Å². The van der Waals surface area contributed by atoms with Crippen LogP contribution in [0, 0.1) is 12.7 Å². The maximum absolute atomic E-state index is 13.8. The Balaban J connectivity index is 2.08. The lowest BCUT2D eigenvalue weighted by Gasteiger charge is -2.17. The molecule has 2 rings (SSSR count). The second-order valence-corrected chi connectivity index (χ2v) is 5.09. The Morgan fingerprint density at radius 3 is 2.73 bits per heavy atom. The van der Waals surface area contributed by atoms with E-state index in [9.17, 15) is 9.18 Å². The van der Waals surface area contributed by atoms with Crippen LogP contribution >= 0.6 is 0 Å². The molecule has 0 radical (unpaired) electrons. The highest BCUT2D eigenvalue weighted by Crippen LogP contribution is 2.19. The van der Waals surface area contributed by atoms with Gasteiger partial charge in [-0.25, -0.2) is 4.39 Å². The van der Waals surface area contributed by atoms with Crippen LogP contribution in [0.3, 0.4) is 0 Å². The number of rotatable bonds is 7. The third kappa shape index (κ3) is 3.63. The smallest absolute Gasteiger partial charge is 0.210 e. The molecule has 1 aromatic carbocycles. The van der Waals surface area contributed by atoms with E-state index in [0.717, 1.165) is 23.2 Å². The molecular weight excluding hydrogens is 285 g/mol. The number of benzene rings is 1. The van der Waals surface area contributed by atoms with E-state index in [0.29, 0.717) is 19.7 Å². The molecule has 22 heavy (non-hydrogen) atoms. The second kappa shape index (κ2) is 7.06. The van der Waals surface area contributed by atoms with Crippen molar-refractivity contribution in [2.24, 2.45) is 7.05 Å². The Morgan fingerprint density at radius 1 is 1.41 bits per heavy atom. The normalized spacial score (nSPS) is 10.5. The number of aryl methyl sites for hydroxylation is 1. The summed E-state index contributed by atoms with van der Waals surface area (Å²) in [5.74, 6) is -0.185. The molecule has 0 aliphatic carbocycles. The van der Waals surface area contributed by atoms with Crippen molar-refractivity contribution in [2.75, 3.05) is 6.61 Å². The molecule has 118 valence electrons. The fourth-order valence-electron chi connectivity index (χ4n) is 2.20. The number of carbonyl (C=O) groups excluding carboxylic acids is 1. The van der Waals surface area contributed by atoms with Gasteiger partial charge in [-0.1, -0.05) is 6.07 Å². The predicted octanol–water partition coefficient (Wildman–Crippen LogP) is 2.42. The minimum absolute atomic E-state index is 0.229. The minimum atomic E-state index is -0.414. The zero-order chi connectivity index (χ0) is 16.1. The fraction of sp³-hybridized carbons (Fsp3) is 0.375. The van der Waals surface area contributed by atoms with Gasteiger partial charge in [-0.2, -0.15) is 5.10 Å². The molecule has 1 aromatic heterocycles. The zero-order valence-electron chi connectivity index (χ0n) is 13.0. The fourth-order valence-corrected chi connectivity index (χ4v) is 2.20. The molecule has 0 spiro atoms. The molecule has 0 atom stereocenters. The number of hydrogen-bond donors (Lipinski definition) is 0. The first-order chi connectivity index (χ1) is 10.5. The predicted molar refractivity (Wildman–Crippen MR) is 80.8 cm³/mol. The lowest BCUT2D eigenvalue weighted by molar-refractivity contribution is -0.119. The van der Waals surface area contributed by atoms with Crippen molar-refractivity contribution in [2.45, 2.75) is 26.9 Å². The van der Waals surface area contributed by atoms with Gasteiger partial charge in [0.15, 0.2) is 11.6 Å². The summed E-state index contributed by atoms with van der Waals surface area (Å²) in [4.78, 5) is 12.8. The van der Waals surface area contributed by atoms with Crippen LogP contribution in [0.1, 0.15) is 23.7 Å². The zero-order valence-corrected chi connectivity index (χ0v) is 13.0. The van der Waals surface area contributed by atoms with Crippen LogP contribution in [0.5, 0.6) is 5.75 Å². The largest absolute Gasteiger partial charge is 0.491 e. The van der Waals surface area contributed by atoms with Gasteiger partial charge < -0.3 is 9.64 Å². The molecule has 0 N–H and O–H groups in total. The lowest BCUT2D eigenvalue weighted by atomic mass is 10.2. The van der Waals surface area contributed by atoms with E-state index in [1.165, 1.54) is 6.07 Å². The number of nitrogens with zero attached hydrogens (tertiary/aromatic N) is 3. The first-order valence-corrected chi connectivity index (χ1v) is 7.13. The molecule has 1 heterocycles. The van der Waals surface area contributed by atoms with Gasteiger partial charge in [0.2, 0.25) is 6.41 Å². The highest BCUT2D eigenvalue weighted by molar-refractivity contribution is 5.48. The third-order valence-electron chi connectivity index (χ3n) is 3.54. The number of carbonyl (C=O) groups is 1. The van der Waals surface area contributed by atoms with E-state index in [4.69, 9.17) is 4.74 Å². The Bertz CT molecular complexity index is 655. The average molecular weight is 305 g/mol. The monoisotopic (exact) mass is 305 g/mol. The van der Waals surface area contributed by atoms with Crippen LogP contribution in [0.25, 0.3) is 0 Å². The SMILES string of the molecule is CCOc1ccc(CN(C=O)Cc2cnn(C)c2C)cc1F. The molecule has 0 unspecified atom stereocenters. The molecule has 0 bridgehead atoms. The van der Waals surface area contributed by atoms with E-state index < -0.39 is 5.82 Å². The van der Waals surface area contributed by atoms with Crippen molar-refractivity contribution in [3.05, 3.63) is 47.0 Å². The van der Waals surface area contributed by atoms with Gasteiger partial charge in [-0.15, -0.1) is 0 Å². The van der Waals surface area contributed by atoms with E-state index in [2.05, 4.69) is 5.10 Å². The molecule has 0 saturated heterocycles. The van der Waals surface area contributed by atoms with Gasteiger partial charge in [0, 0.05) is 31.4 Å². The Hall–Kier alpha value is -2.37. The molecule has 1 amide bonds. The van der Waals surface area contributed by atoms with Crippen LogP contribution in [-0.2, 0) is 24.9 Å². The Morgan fingerprint density at radius 2 is 2.18 bits per heavy atom. The number of ether oxygens (including phenoxy) is 1. The van der Waals surface area contributed by atoms with Gasteiger partial charge in [-0.3, -0.25) is 9.48 Å². The van der Waals surface area contributed by atoms with Crippen LogP contribution < -0.4 is 4.74 Å². The molecule has 2 aromatic rings. The molecule has 5 nitrogen and oxygen atoms in total. The van der Waals surface area contributed by atoms with E-state index in [1.807, 2.05) is 14.0 Å². The number of amides is 1. The van der Waals surface area contributed by atoms with Gasteiger partial charge in [0.05, 0.1) is 12.8 Å². The summed E-state index contributed by atoms with van der Waals surface area (Å²) in [7, 11) is 1.85. The first-order valence-electron chi connectivity index (χ1n) is 7.13. The number of aromatic nitrogens is 2. The molecule has 0 aliphatic heterocycles. The second-order valence-electron chi connectivity index (χ2n) is 5.09. The summed E-state index contributed by atoms with van der Waals surface area (Å²) in [6, 6.07) is 4.75. The highest BCUT2D eigenvalue weighted by Gasteiger charge is 2.11. The van der Waals surface area contributed by atoms with Gasteiger partial charge in [0.25, 0.3) is 0 Å². The molecule has 0 fully saturated rings. The maximum Gasteiger partial charge on any atom is 0.210 e. The topological polar surface area (TPSA) is 47.4 Å². The van der Waals surface area contributed by atoms with Gasteiger partial charge >= 0.3 is 0 Å². The lowest BCUT2D eigenvalue weighted by Crippen LogP contribution is -2.21. The summed E-state index contributed by atoms with van der Waals surface area (Å²) in [6.07, 6.45) is 2.51. The quantitative estimate of drug-likeness (QED) is 0.738. The van der Waals surface area contributed by atoms with Gasteiger partial charge in [-0.05, 0) is 31.5 Å². The molecule has 0 aliphatic rings. The van der Waals surface area contributed by atoms with Crippen LogP contribution in [0.4, 0.5) is 4.39 Å². The number of halogens is 1. The summed E-state index contributed by atoms with van der Waals surface area (Å²) in [5, 5.41) is 4.15. The maximum atomic E-state index is 13.8. The van der Waals surface area contributed by atoms with E-state index >= 15 is 0 Å². The standard InChI is InChI=1S/C16H20FN3O2/c1-4-22-16-6-5-13(7-15(16)17)9-20(11-21)10-14-8-18-19(3)12(14)2/h5-8,11H,4,9-10H2,1-3H3. The van der Waals surface area contributed by atoms with E-state index in [1.54, 1.807) is 34.8 Å². The Labute approximate surface area is 129 Å². The van der Waals surface area contributed by atoms with Crippen molar-refractivity contribution in [1.82, 2.24) is 14.7 Å². The number of hydrogen-bond acceptors (Lipinski definition) is 3. The van der Waals surface area contributed by atoms with E-state index in [-0.39, 0.29) is 5.75 Å². The molecule has 0 saturated carbocycles. The van der Waals surface area contributed by atoms with Crippen LogP contribution in [-0.4, -0.2) is 27.7 Å². The summed E-state index contributed by atoms with van der Waals surface area (Å²) < 4.78 is 20.8. The van der Waals surface area contributed by atoms with Gasteiger partial charge in [0.1, 0.15) is 0 Å². The van der Waals surface area contributed by atoms with Crippen molar-refractivity contribution in [3.63, 3.8) is 0 Å². The highest BCUT2D eigenvalue weighted by atomic mass is 19.1. The average Bonchev–Trinajstić information content (AvgIpc) is 2.81. The summed E-state index contributed by atoms with van der Waals surface area (Å²) in [6.45, 7) is 4.94. The minimum Gasteiger partial charge on any atom is -0.491 e. The first kappa shape index (κ1) is 16.0. The summed E-state index contributed by atoms with van der Waals surface area (Å²) in [5.41, 5.74) is 2.69. The van der Waals surface area contributed by atoms with Crippen LogP contribution in [0.2, 0.25) is 0 Å². The van der Waals surface area contributed by atoms with Crippen molar-refractivity contribution in [1.29, 1.82) is 0 Å². The third-order valence-corrected chi connectivity index (χ3v) is 3.54. The summed E-state index contributed by atoms with van der Waals surface area (Å²) >= 11 is 0.